The lowest BCUT2D eigenvalue weighted by Gasteiger charge is -2.17. The molecule has 1 atom stereocenters. The van der Waals surface area contributed by atoms with Gasteiger partial charge in [-0.15, -0.1) is 6.58 Å². The number of aryl methyl sites for hydroxylation is 1. The van der Waals surface area contributed by atoms with Crippen molar-refractivity contribution in [2.75, 3.05) is 0 Å². The van der Waals surface area contributed by atoms with Crippen LogP contribution in [-0.4, -0.2) is 14.5 Å². The summed E-state index contributed by atoms with van der Waals surface area (Å²) in [5, 5.41) is 0. The van der Waals surface area contributed by atoms with Gasteiger partial charge in [0.15, 0.2) is 0 Å². The van der Waals surface area contributed by atoms with Gasteiger partial charge in [-0.1, -0.05) is 56.4 Å². The van der Waals surface area contributed by atoms with Crippen LogP contribution in [0.4, 0.5) is 0 Å². The van der Waals surface area contributed by atoms with Crippen LogP contribution in [0.3, 0.4) is 0 Å². The Morgan fingerprint density at radius 3 is 2.43 bits per heavy atom. The van der Waals surface area contributed by atoms with Crippen molar-refractivity contribution >= 4 is 10.0 Å². The van der Waals surface area contributed by atoms with E-state index in [1.54, 1.807) is 18.2 Å². The minimum Gasteiger partial charge on any atom is -0.208 e. The molecule has 1 N–H and O–H groups in total. The van der Waals surface area contributed by atoms with E-state index in [9.17, 15) is 8.42 Å². The molecule has 0 saturated carbocycles. The summed E-state index contributed by atoms with van der Waals surface area (Å²) in [5.74, 6) is 0. The predicted octanol–water partition coefficient (Wildman–Crippen LogP) is 4.19. The van der Waals surface area contributed by atoms with Crippen LogP contribution in [-0.2, 0) is 10.0 Å². The number of sulfonamides is 1. The largest absolute Gasteiger partial charge is 0.240 e. The van der Waals surface area contributed by atoms with Gasteiger partial charge in [-0.05, 0) is 31.9 Å². The van der Waals surface area contributed by atoms with Crippen LogP contribution in [0.15, 0.2) is 41.8 Å². The SMILES string of the molecule is C=CCC(CCCCCC)NS(=O)(=O)c1ccc(C)cc1. The highest BCUT2D eigenvalue weighted by atomic mass is 32.2. The Bertz CT molecular complexity index is 520. The van der Waals surface area contributed by atoms with Crippen molar-refractivity contribution < 1.29 is 8.42 Å². The zero-order valence-electron chi connectivity index (χ0n) is 13.1. The Balaban J connectivity index is 2.67. The fourth-order valence-electron chi connectivity index (χ4n) is 2.25. The molecule has 3 nitrogen and oxygen atoms in total. The fourth-order valence-corrected chi connectivity index (χ4v) is 3.53. The Morgan fingerprint density at radius 2 is 1.86 bits per heavy atom. The molecule has 1 aromatic carbocycles. The topological polar surface area (TPSA) is 46.2 Å². The molecule has 0 radical (unpaired) electrons. The van der Waals surface area contributed by atoms with Crippen molar-refractivity contribution in [2.24, 2.45) is 0 Å². The van der Waals surface area contributed by atoms with Gasteiger partial charge >= 0.3 is 0 Å². The number of unbranched alkanes of at least 4 members (excludes halogenated alkanes) is 3. The maximum Gasteiger partial charge on any atom is 0.240 e. The first-order chi connectivity index (χ1) is 9.99. The lowest BCUT2D eigenvalue weighted by atomic mass is 10.1. The molecule has 0 heterocycles. The number of hydrogen-bond acceptors (Lipinski definition) is 2. The normalized spacial score (nSPS) is 13.0. The van der Waals surface area contributed by atoms with Crippen molar-refractivity contribution in [3.05, 3.63) is 42.5 Å². The van der Waals surface area contributed by atoms with Crippen LogP contribution in [0.25, 0.3) is 0 Å². The molecule has 0 saturated heterocycles. The van der Waals surface area contributed by atoms with E-state index in [-0.39, 0.29) is 6.04 Å². The average Bonchev–Trinajstić information content (AvgIpc) is 2.44. The standard InChI is InChI=1S/C17H27NO2S/c1-4-6-7-8-10-16(9-5-2)18-21(19,20)17-13-11-15(3)12-14-17/h5,11-14,16,18H,2,4,6-10H2,1,3H3. The highest BCUT2D eigenvalue weighted by Gasteiger charge is 2.18. The van der Waals surface area contributed by atoms with E-state index in [1.807, 2.05) is 19.1 Å². The van der Waals surface area contributed by atoms with Crippen molar-refractivity contribution in [1.29, 1.82) is 0 Å². The van der Waals surface area contributed by atoms with Gasteiger partial charge in [0.25, 0.3) is 0 Å². The van der Waals surface area contributed by atoms with Gasteiger partial charge < -0.3 is 0 Å². The van der Waals surface area contributed by atoms with Crippen molar-refractivity contribution in [3.8, 4) is 0 Å². The van der Waals surface area contributed by atoms with Crippen LogP contribution in [0.1, 0.15) is 51.0 Å². The fraction of sp³-hybridized carbons (Fsp3) is 0.529. The lowest BCUT2D eigenvalue weighted by molar-refractivity contribution is 0.502. The summed E-state index contributed by atoms with van der Waals surface area (Å²) in [6.45, 7) is 7.83. The molecule has 0 aliphatic rings. The van der Waals surface area contributed by atoms with E-state index in [0.717, 1.165) is 24.8 Å². The van der Waals surface area contributed by atoms with Gasteiger partial charge in [-0.2, -0.15) is 0 Å². The molecular weight excluding hydrogens is 282 g/mol. The monoisotopic (exact) mass is 309 g/mol. The van der Waals surface area contributed by atoms with Crippen molar-refractivity contribution in [1.82, 2.24) is 4.72 Å². The highest BCUT2D eigenvalue weighted by molar-refractivity contribution is 7.89. The average molecular weight is 309 g/mol. The molecule has 1 aromatic rings. The summed E-state index contributed by atoms with van der Waals surface area (Å²) in [6.07, 6.45) is 7.88. The maximum absolute atomic E-state index is 12.4. The Morgan fingerprint density at radius 1 is 1.19 bits per heavy atom. The molecule has 1 rings (SSSR count). The Kier molecular flexibility index (Phi) is 7.68. The summed E-state index contributed by atoms with van der Waals surface area (Å²) >= 11 is 0. The van der Waals surface area contributed by atoms with Crippen LogP contribution >= 0.6 is 0 Å². The first-order valence-electron chi connectivity index (χ1n) is 7.69. The predicted molar refractivity (Wildman–Crippen MR) is 88.9 cm³/mol. The molecular formula is C17H27NO2S. The molecule has 0 fully saturated rings. The molecule has 21 heavy (non-hydrogen) atoms. The van der Waals surface area contributed by atoms with E-state index < -0.39 is 10.0 Å². The molecule has 0 bridgehead atoms. The minimum absolute atomic E-state index is 0.0642. The molecule has 1 unspecified atom stereocenters. The second-order valence-corrected chi connectivity index (χ2v) is 7.22. The van der Waals surface area contributed by atoms with Gasteiger partial charge in [0.05, 0.1) is 4.90 Å². The van der Waals surface area contributed by atoms with Gasteiger partial charge in [0, 0.05) is 6.04 Å². The summed E-state index contributed by atoms with van der Waals surface area (Å²) in [7, 11) is -3.44. The van der Waals surface area contributed by atoms with Crippen molar-refractivity contribution in [3.63, 3.8) is 0 Å². The molecule has 0 spiro atoms. The molecule has 118 valence electrons. The number of benzene rings is 1. The maximum atomic E-state index is 12.4. The number of hydrogen-bond donors (Lipinski definition) is 1. The first-order valence-corrected chi connectivity index (χ1v) is 9.17. The zero-order chi connectivity index (χ0) is 15.7. The summed E-state index contributed by atoms with van der Waals surface area (Å²) in [6, 6.07) is 6.88. The third-order valence-corrected chi connectivity index (χ3v) is 5.05. The third-order valence-electron chi connectivity index (χ3n) is 3.51. The van der Waals surface area contributed by atoms with E-state index in [2.05, 4.69) is 18.2 Å². The molecule has 4 heteroatoms. The molecule has 0 aliphatic heterocycles. The lowest BCUT2D eigenvalue weighted by Crippen LogP contribution is -2.34. The van der Waals surface area contributed by atoms with Gasteiger partial charge in [0.2, 0.25) is 10.0 Å². The summed E-state index contributed by atoms with van der Waals surface area (Å²) < 4.78 is 27.6. The number of nitrogens with one attached hydrogen (secondary N) is 1. The summed E-state index contributed by atoms with van der Waals surface area (Å²) in [5.41, 5.74) is 1.05. The van der Waals surface area contributed by atoms with Gasteiger partial charge in [-0.3, -0.25) is 0 Å². The Labute approximate surface area is 129 Å². The third kappa shape index (κ3) is 6.44. The van der Waals surface area contributed by atoms with E-state index in [4.69, 9.17) is 0 Å². The smallest absolute Gasteiger partial charge is 0.208 e. The number of rotatable bonds is 10. The second kappa shape index (κ2) is 9.00. The first kappa shape index (κ1) is 17.9. The van der Waals surface area contributed by atoms with E-state index >= 15 is 0 Å². The highest BCUT2D eigenvalue weighted by Crippen LogP contribution is 2.14. The quantitative estimate of drug-likeness (QED) is 0.520. The van der Waals surface area contributed by atoms with Gasteiger partial charge in [0.1, 0.15) is 0 Å². The van der Waals surface area contributed by atoms with E-state index in [0.29, 0.717) is 11.3 Å². The minimum atomic E-state index is -3.44. The van der Waals surface area contributed by atoms with Crippen molar-refractivity contribution in [2.45, 2.75) is 63.3 Å². The molecule has 0 aromatic heterocycles. The van der Waals surface area contributed by atoms with Crippen LogP contribution in [0.2, 0.25) is 0 Å². The Hall–Kier alpha value is -1.13. The molecule has 0 amide bonds. The summed E-state index contributed by atoms with van der Waals surface area (Å²) in [4.78, 5) is 0.329. The molecule has 0 aliphatic carbocycles. The second-order valence-electron chi connectivity index (χ2n) is 5.50. The van der Waals surface area contributed by atoms with Crippen LogP contribution < -0.4 is 4.72 Å². The van der Waals surface area contributed by atoms with E-state index in [1.165, 1.54) is 12.8 Å². The van der Waals surface area contributed by atoms with Crippen LogP contribution in [0, 0.1) is 6.92 Å². The zero-order valence-corrected chi connectivity index (χ0v) is 14.0. The van der Waals surface area contributed by atoms with Gasteiger partial charge in [-0.25, -0.2) is 13.1 Å². The van der Waals surface area contributed by atoms with Crippen LogP contribution in [0.5, 0.6) is 0 Å².